The van der Waals surface area contributed by atoms with E-state index in [-0.39, 0.29) is 25.6 Å². The highest BCUT2D eigenvalue weighted by molar-refractivity contribution is 7.47. The Morgan fingerprint density at radius 1 is 0.529 bits per heavy atom. The van der Waals surface area contributed by atoms with Gasteiger partial charge in [-0.1, -0.05) is 174 Å². The first kappa shape index (κ1) is 50.0. The molecule has 0 saturated heterocycles. The molecule has 0 rings (SSSR count). The van der Waals surface area contributed by atoms with E-state index in [1.54, 1.807) is 0 Å². The van der Waals surface area contributed by atoms with Crippen molar-refractivity contribution in [1.82, 2.24) is 0 Å². The Labute approximate surface area is 314 Å². The molecule has 0 fully saturated rings. The van der Waals surface area contributed by atoms with Crippen molar-refractivity contribution in [3.05, 3.63) is 0 Å². The molecule has 10 heteroatoms. The van der Waals surface area contributed by atoms with E-state index in [2.05, 4.69) is 13.8 Å². The second kappa shape index (κ2) is 34.8. The zero-order chi connectivity index (χ0) is 37.9. The molecular formula is C41H83NO8P+. The van der Waals surface area contributed by atoms with Crippen LogP contribution in [0.2, 0.25) is 0 Å². The number of nitrogens with zero attached hydrogens (tertiary/aromatic N) is 1. The molecule has 0 aromatic heterocycles. The Morgan fingerprint density at radius 3 is 1.25 bits per heavy atom. The van der Waals surface area contributed by atoms with Crippen molar-refractivity contribution >= 4 is 19.8 Å². The van der Waals surface area contributed by atoms with Crippen LogP contribution in [0.15, 0.2) is 0 Å². The topological polar surface area (TPSA) is 108 Å². The molecule has 1 N–H and O–H groups in total. The largest absolute Gasteiger partial charge is 0.472 e. The summed E-state index contributed by atoms with van der Waals surface area (Å²) >= 11 is 0. The predicted molar refractivity (Wildman–Crippen MR) is 211 cm³/mol. The van der Waals surface area contributed by atoms with Crippen LogP contribution in [0.3, 0.4) is 0 Å². The third-order valence-corrected chi connectivity index (χ3v) is 10.4. The van der Waals surface area contributed by atoms with Crippen LogP contribution in [-0.4, -0.2) is 74.9 Å². The average molecular weight is 749 g/mol. The number of ether oxygens (including phenoxy) is 2. The number of carbonyl (C=O) groups excluding carboxylic acids is 2. The first-order valence-corrected chi connectivity index (χ1v) is 22.8. The molecule has 0 saturated carbocycles. The number of phosphoric ester groups is 1. The van der Waals surface area contributed by atoms with Crippen LogP contribution in [-0.2, 0) is 32.7 Å². The van der Waals surface area contributed by atoms with Gasteiger partial charge < -0.3 is 18.9 Å². The van der Waals surface area contributed by atoms with Gasteiger partial charge >= 0.3 is 19.8 Å². The van der Waals surface area contributed by atoms with E-state index in [9.17, 15) is 19.0 Å². The Bertz CT molecular complexity index is 850. The molecule has 0 aliphatic heterocycles. The number of phosphoric acid groups is 1. The van der Waals surface area contributed by atoms with Gasteiger partial charge in [-0.15, -0.1) is 0 Å². The highest BCUT2D eigenvalue weighted by atomic mass is 31.2. The molecule has 0 heterocycles. The van der Waals surface area contributed by atoms with Crippen molar-refractivity contribution < 1.29 is 42.1 Å². The summed E-state index contributed by atoms with van der Waals surface area (Å²) in [5.41, 5.74) is 0. The van der Waals surface area contributed by atoms with Crippen LogP contribution in [0.4, 0.5) is 0 Å². The van der Waals surface area contributed by atoms with Crippen molar-refractivity contribution in [3.63, 3.8) is 0 Å². The maximum atomic E-state index is 12.6. The number of quaternary nitrogens is 1. The first-order valence-electron chi connectivity index (χ1n) is 21.3. The maximum Gasteiger partial charge on any atom is 0.472 e. The van der Waals surface area contributed by atoms with Gasteiger partial charge in [-0.3, -0.25) is 18.6 Å². The number of hydrogen-bond acceptors (Lipinski definition) is 7. The van der Waals surface area contributed by atoms with Gasteiger partial charge in [0.15, 0.2) is 6.10 Å². The van der Waals surface area contributed by atoms with Crippen LogP contribution in [0, 0.1) is 0 Å². The molecule has 0 bridgehead atoms. The van der Waals surface area contributed by atoms with Crippen molar-refractivity contribution in [2.45, 2.75) is 206 Å². The summed E-state index contributed by atoms with van der Waals surface area (Å²) in [7, 11) is 1.49. The Morgan fingerprint density at radius 2 is 0.882 bits per heavy atom. The van der Waals surface area contributed by atoms with E-state index in [1.165, 1.54) is 135 Å². The van der Waals surface area contributed by atoms with Gasteiger partial charge in [0.25, 0.3) is 0 Å². The van der Waals surface area contributed by atoms with Gasteiger partial charge in [-0.05, 0) is 12.8 Å². The summed E-state index contributed by atoms with van der Waals surface area (Å²) in [6.45, 7) is 4.42. The van der Waals surface area contributed by atoms with Gasteiger partial charge in [0.05, 0.1) is 27.7 Å². The second-order valence-electron chi connectivity index (χ2n) is 15.7. The normalized spacial score (nSPS) is 13.6. The van der Waals surface area contributed by atoms with Crippen molar-refractivity contribution in [2.75, 3.05) is 47.5 Å². The average Bonchev–Trinajstić information content (AvgIpc) is 3.07. The summed E-state index contributed by atoms with van der Waals surface area (Å²) in [6, 6.07) is 0. The predicted octanol–water partition coefficient (Wildman–Crippen LogP) is 11.6. The van der Waals surface area contributed by atoms with E-state index < -0.39 is 26.5 Å². The van der Waals surface area contributed by atoms with Crippen LogP contribution in [0.1, 0.15) is 200 Å². The van der Waals surface area contributed by atoms with E-state index in [0.717, 1.165) is 32.1 Å². The van der Waals surface area contributed by atoms with Gasteiger partial charge in [0, 0.05) is 12.8 Å². The molecule has 2 atom stereocenters. The first-order chi connectivity index (χ1) is 24.5. The standard InChI is InChI=1S/C41H82NO8P/c1-6-8-10-12-14-16-17-18-19-20-21-22-23-24-26-27-29-31-33-40(43)47-37-39(38-49-51(45,46)48-36-35-42(3,4)5)50-41(44)34-32-30-28-25-15-13-11-9-7-2/h39H,6-38H2,1-5H3/p+1/t39-/m0/s1. The van der Waals surface area contributed by atoms with Crippen molar-refractivity contribution in [2.24, 2.45) is 0 Å². The minimum Gasteiger partial charge on any atom is -0.462 e. The summed E-state index contributed by atoms with van der Waals surface area (Å²) in [5.74, 6) is -0.789. The van der Waals surface area contributed by atoms with Gasteiger partial charge in [-0.2, -0.15) is 0 Å². The van der Waals surface area contributed by atoms with E-state index in [0.29, 0.717) is 23.9 Å². The Kier molecular flexibility index (Phi) is 34.1. The molecule has 1 unspecified atom stereocenters. The molecule has 0 amide bonds. The number of esters is 2. The van der Waals surface area contributed by atoms with Crippen LogP contribution in [0.25, 0.3) is 0 Å². The third kappa shape index (κ3) is 38.5. The van der Waals surface area contributed by atoms with E-state index in [1.807, 2.05) is 21.1 Å². The van der Waals surface area contributed by atoms with Gasteiger partial charge in [0.2, 0.25) is 0 Å². The van der Waals surface area contributed by atoms with Gasteiger partial charge in [0.1, 0.15) is 19.8 Å². The molecule has 0 aliphatic carbocycles. The minimum atomic E-state index is -4.36. The van der Waals surface area contributed by atoms with Crippen LogP contribution in [0.5, 0.6) is 0 Å². The molecule has 0 aromatic carbocycles. The number of likely N-dealkylation sites (N-methyl/N-ethyl adjacent to an activating group) is 1. The van der Waals surface area contributed by atoms with Gasteiger partial charge in [-0.25, -0.2) is 4.57 Å². The number of carbonyl (C=O) groups is 2. The Hall–Kier alpha value is -0.990. The fraction of sp³-hybridized carbons (Fsp3) is 0.951. The lowest BCUT2D eigenvalue weighted by Gasteiger charge is -2.24. The second-order valence-corrected chi connectivity index (χ2v) is 17.2. The van der Waals surface area contributed by atoms with E-state index >= 15 is 0 Å². The summed E-state index contributed by atoms with van der Waals surface area (Å²) < 4.78 is 34.2. The molecule has 9 nitrogen and oxygen atoms in total. The lowest BCUT2D eigenvalue weighted by Crippen LogP contribution is -2.37. The van der Waals surface area contributed by atoms with E-state index in [4.69, 9.17) is 18.5 Å². The molecule has 51 heavy (non-hydrogen) atoms. The van der Waals surface area contributed by atoms with Crippen LogP contribution < -0.4 is 0 Å². The van der Waals surface area contributed by atoms with Crippen molar-refractivity contribution in [1.29, 1.82) is 0 Å². The molecule has 0 spiro atoms. The fourth-order valence-electron chi connectivity index (χ4n) is 6.01. The zero-order valence-corrected chi connectivity index (χ0v) is 35.0. The van der Waals surface area contributed by atoms with Crippen molar-refractivity contribution in [3.8, 4) is 0 Å². The Balaban J connectivity index is 4.23. The highest BCUT2D eigenvalue weighted by Crippen LogP contribution is 2.43. The maximum absolute atomic E-state index is 12.6. The van der Waals surface area contributed by atoms with Crippen LogP contribution >= 0.6 is 7.82 Å². The summed E-state index contributed by atoms with van der Waals surface area (Å²) in [5, 5.41) is 0. The SMILES string of the molecule is CCCCCCCCCCCCCCCCCCCCC(=O)OC[C@@H](COP(=O)(O)OCC[N+](C)(C)C)OC(=O)CCCCCCCCCCC. The molecule has 0 radical (unpaired) electrons. The number of unbranched alkanes of at least 4 members (excludes halogenated alkanes) is 25. The molecular weight excluding hydrogens is 665 g/mol. The third-order valence-electron chi connectivity index (χ3n) is 9.39. The quantitative estimate of drug-likeness (QED) is 0.0286. The molecule has 0 aliphatic rings. The lowest BCUT2D eigenvalue weighted by atomic mass is 10.0. The number of rotatable bonds is 39. The summed E-state index contributed by atoms with van der Waals surface area (Å²) in [4.78, 5) is 35.2. The highest BCUT2D eigenvalue weighted by Gasteiger charge is 2.27. The smallest absolute Gasteiger partial charge is 0.462 e. The minimum absolute atomic E-state index is 0.0364. The number of hydrogen-bond donors (Lipinski definition) is 1. The fourth-order valence-corrected chi connectivity index (χ4v) is 6.76. The monoisotopic (exact) mass is 749 g/mol. The summed E-state index contributed by atoms with van der Waals surface area (Å²) in [6.07, 6.45) is 33.0. The molecule has 304 valence electrons. The zero-order valence-electron chi connectivity index (χ0n) is 34.1. The lowest BCUT2D eigenvalue weighted by molar-refractivity contribution is -0.870. The molecule has 0 aromatic rings.